The quantitative estimate of drug-likeness (QED) is 0.522. The number of carbonyl (C=O) groups is 1. The molecule has 3 aromatic rings. The number of benzene rings is 2. The number of halogens is 1. The van der Waals surface area contributed by atoms with Gasteiger partial charge >= 0.3 is 0 Å². The van der Waals surface area contributed by atoms with Crippen molar-refractivity contribution < 1.29 is 18.7 Å². The van der Waals surface area contributed by atoms with Gasteiger partial charge in [-0.2, -0.15) is 0 Å². The molecule has 1 aliphatic rings. The van der Waals surface area contributed by atoms with Crippen molar-refractivity contribution in [3.63, 3.8) is 0 Å². The summed E-state index contributed by atoms with van der Waals surface area (Å²) < 4.78 is 26.0. The Labute approximate surface area is 199 Å². The van der Waals surface area contributed by atoms with Gasteiger partial charge in [0.1, 0.15) is 18.2 Å². The van der Waals surface area contributed by atoms with Crippen molar-refractivity contribution in [1.29, 1.82) is 0 Å². The Kier molecular flexibility index (Phi) is 8.22. The summed E-state index contributed by atoms with van der Waals surface area (Å²) in [5, 5.41) is 2.89. The molecule has 0 spiro atoms. The SMILES string of the molecule is C[C@H]1COCCN1CCOc1ccc(-c2ccc(CC(=O)NCc3ccccc3)nc2)c(F)c1. The number of amides is 1. The summed E-state index contributed by atoms with van der Waals surface area (Å²) in [6, 6.07) is 18.5. The van der Waals surface area contributed by atoms with Gasteiger partial charge in [-0.05, 0) is 30.7 Å². The fourth-order valence-corrected chi connectivity index (χ4v) is 3.91. The van der Waals surface area contributed by atoms with E-state index in [0.717, 1.165) is 31.9 Å². The maximum Gasteiger partial charge on any atom is 0.226 e. The molecule has 7 heteroatoms. The van der Waals surface area contributed by atoms with Gasteiger partial charge in [0.15, 0.2) is 0 Å². The summed E-state index contributed by atoms with van der Waals surface area (Å²) in [5.41, 5.74) is 2.77. The first-order valence-corrected chi connectivity index (χ1v) is 11.6. The van der Waals surface area contributed by atoms with Crippen molar-refractivity contribution in [3.05, 3.63) is 83.9 Å². The molecule has 6 nitrogen and oxygen atoms in total. The molecule has 1 N–H and O–H groups in total. The van der Waals surface area contributed by atoms with Crippen LogP contribution in [0.3, 0.4) is 0 Å². The van der Waals surface area contributed by atoms with Crippen LogP contribution in [0.4, 0.5) is 4.39 Å². The van der Waals surface area contributed by atoms with Crippen LogP contribution >= 0.6 is 0 Å². The predicted molar refractivity (Wildman–Crippen MR) is 129 cm³/mol. The van der Waals surface area contributed by atoms with Gasteiger partial charge in [0.25, 0.3) is 0 Å². The molecule has 0 unspecified atom stereocenters. The number of morpholine rings is 1. The summed E-state index contributed by atoms with van der Waals surface area (Å²) >= 11 is 0. The smallest absolute Gasteiger partial charge is 0.226 e. The molecule has 1 aliphatic heterocycles. The van der Waals surface area contributed by atoms with Crippen molar-refractivity contribution in [2.75, 3.05) is 32.9 Å². The molecule has 2 aromatic carbocycles. The zero-order valence-electron chi connectivity index (χ0n) is 19.4. The second-order valence-electron chi connectivity index (χ2n) is 8.43. The number of nitrogens with one attached hydrogen (secondary N) is 1. The van der Waals surface area contributed by atoms with Gasteiger partial charge in [-0.15, -0.1) is 0 Å². The van der Waals surface area contributed by atoms with Crippen LogP contribution in [-0.4, -0.2) is 54.7 Å². The zero-order valence-corrected chi connectivity index (χ0v) is 19.4. The Hall–Kier alpha value is -3.29. The fourth-order valence-electron chi connectivity index (χ4n) is 3.91. The molecule has 4 rings (SSSR count). The lowest BCUT2D eigenvalue weighted by Crippen LogP contribution is -2.45. The minimum Gasteiger partial charge on any atom is -0.492 e. The molecule has 0 radical (unpaired) electrons. The molecule has 1 aromatic heterocycles. The van der Waals surface area contributed by atoms with E-state index in [1.165, 1.54) is 6.07 Å². The summed E-state index contributed by atoms with van der Waals surface area (Å²) in [4.78, 5) is 18.9. The lowest BCUT2D eigenvalue weighted by molar-refractivity contribution is -0.120. The zero-order chi connectivity index (χ0) is 23.8. The maximum absolute atomic E-state index is 14.8. The Morgan fingerprint density at radius 1 is 1.21 bits per heavy atom. The number of aromatic nitrogens is 1. The second-order valence-corrected chi connectivity index (χ2v) is 8.43. The third-order valence-corrected chi connectivity index (χ3v) is 5.90. The van der Waals surface area contributed by atoms with Crippen LogP contribution in [-0.2, 0) is 22.5 Å². The summed E-state index contributed by atoms with van der Waals surface area (Å²) in [6.45, 7) is 6.22. The van der Waals surface area contributed by atoms with Gasteiger partial charge in [0.05, 0.1) is 19.6 Å². The van der Waals surface area contributed by atoms with E-state index in [1.54, 1.807) is 30.5 Å². The monoisotopic (exact) mass is 463 g/mol. The molecular weight excluding hydrogens is 433 g/mol. The standard InChI is InChI=1S/C27H30FN3O3/c1-20-19-33-13-11-31(20)12-14-34-24-9-10-25(26(28)16-24)22-7-8-23(29-18-22)15-27(32)30-17-21-5-3-2-4-6-21/h2-10,16,18,20H,11-15,17,19H2,1H3,(H,30,32)/t20-/m0/s1. The third-order valence-electron chi connectivity index (χ3n) is 5.90. The van der Waals surface area contributed by atoms with E-state index in [9.17, 15) is 9.18 Å². The number of pyridine rings is 1. The Balaban J connectivity index is 1.28. The van der Waals surface area contributed by atoms with Gasteiger partial charge in [0.2, 0.25) is 5.91 Å². The Morgan fingerprint density at radius 2 is 2.06 bits per heavy atom. The minimum absolute atomic E-state index is 0.108. The highest BCUT2D eigenvalue weighted by Gasteiger charge is 2.18. The maximum atomic E-state index is 14.8. The first-order valence-electron chi connectivity index (χ1n) is 11.6. The highest BCUT2D eigenvalue weighted by molar-refractivity contribution is 5.78. The van der Waals surface area contributed by atoms with E-state index in [-0.39, 0.29) is 18.1 Å². The van der Waals surface area contributed by atoms with Gasteiger partial charge in [0, 0.05) is 54.8 Å². The van der Waals surface area contributed by atoms with E-state index in [2.05, 4.69) is 22.1 Å². The average Bonchev–Trinajstić information content (AvgIpc) is 2.85. The molecule has 0 aliphatic carbocycles. The number of nitrogens with zero attached hydrogens (tertiary/aromatic N) is 2. The lowest BCUT2D eigenvalue weighted by atomic mass is 10.1. The molecule has 0 saturated carbocycles. The first-order chi connectivity index (χ1) is 16.6. The van der Waals surface area contributed by atoms with Crippen LogP contribution in [0, 0.1) is 5.82 Å². The van der Waals surface area contributed by atoms with Crippen LogP contribution in [0.15, 0.2) is 66.9 Å². The third kappa shape index (κ3) is 6.62. The number of ether oxygens (including phenoxy) is 2. The molecule has 34 heavy (non-hydrogen) atoms. The molecule has 2 heterocycles. The highest BCUT2D eigenvalue weighted by atomic mass is 19.1. The van der Waals surface area contributed by atoms with Crippen molar-refractivity contribution in [3.8, 4) is 16.9 Å². The normalized spacial score (nSPS) is 16.2. The van der Waals surface area contributed by atoms with Gasteiger partial charge in [-0.25, -0.2) is 4.39 Å². The van der Waals surface area contributed by atoms with Gasteiger partial charge in [-0.1, -0.05) is 36.4 Å². The van der Waals surface area contributed by atoms with Crippen molar-refractivity contribution in [2.24, 2.45) is 0 Å². The van der Waals surface area contributed by atoms with E-state index in [1.807, 2.05) is 30.3 Å². The van der Waals surface area contributed by atoms with Crippen molar-refractivity contribution >= 4 is 5.91 Å². The van der Waals surface area contributed by atoms with Crippen LogP contribution in [0.25, 0.3) is 11.1 Å². The van der Waals surface area contributed by atoms with E-state index >= 15 is 0 Å². The van der Waals surface area contributed by atoms with Gasteiger partial charge in [-0.3, -0.25) is 14.7 Å². The summed E-state index contributed by atoms with van der Waals surface area (Å²) in [7, 11) is 0. The largest absolute Gasteiger partial charge is 0.492 e. The Bertz CT molecular complexity index is 1080. The number of carbonyl (C=O) groups excluding carboxylic acids is 1. The van der Waals surface area contributed by atoms with Crippen molar-refractivity contribution in [1.82, 2.24) is 15.2 Å². The van der Waals surface area contributed by atoms with E-state index in [0.29, 0.717) is 41.8 Å². The topological polar surface area (TPSA) is 63.7 Å². The predicted octanol–water partition coefficient (Wildman–Crippen LogP) is 3.85. The number of hydrogen-bond acceptors (Lipinski definition) is 5. The lowest BCUT2D eigenvalue weighted by Gasteiger charge is -2.32. The number of hydrogen-bond donors (Lipinski definition) is 1. The molecule has 1 saturated heterocycles. The summed E-state index contributed by atoms with van der Waals surface area (Å²) in [6.07, 6.45) is 1.77. The van der Waals surface area contributed by atoms with Gasteiger partial charge < -0.3 is 14.8 Å². The van der Waals surface area contributed by atoms with Crippen LogP contribution in [0.5, 0.6) is 5.75 Å². The van der Waals surface area contributed by atoms with Crippen LogP contribution in [0.1, 0.15) is 18.2 Å². The van der Waals surface area contributed by atoms with E-state index < -0.39 is 0 Å². The van der Waals surface area contributed by atoms with Crippen LogP contribution in [0.2, 0.25) is 0 Å². The number of rotatable bonds is 9. The molecule has 0 bridgehead atoms. The molecule has 1 atom stereocenters. The fraction of sp³-hybridized carbons (Fsp3) is 0.333. The highest BCUT2D eigenvalue weighted by Crippen LogP contribution is 2.26. The molecule has 1 amide bonds. The molecule has 1 fully saturated rings. The van der Waals surface area contributed by atoms with E-state index in [4.69, 9.17) is 9.47 Å². The minimum atomic E-state index is -0.368. The molecule has 178 valence electrons. The van der Waals surface area contributed by atoms with Crippen molar-refractivity contribution in [2.45, 2.75) is 25.9 Å². The first kappa shape index (κ1) is 23.9. The summed E-state index contributed by atoms with van der Waals surface area (Å²) in [5.74, 6) is 0.0254. The average molecular weight is 464 g/mol. The molecular formula is C27H30FN3O3. The second kappa shape index (κ2) is 11.7. The van der Waals surface area contributed by atoms with Crippen LogP contribution < -0.4 is 10.1 Å². The Morgan fingerprint density at radius 3 is 2.79 bits per heavy atom.